The zero-order valence-corrected chi connectivity index (χ0v) is 20.6. The first-order chi connectivity index (χ1) is 16.5. The highest BCUT2D eigenvalue weighted by atomic mass is 35.5. The Kier molecular flexibility index (Phi) is 8.28. The van der Waals surface area contributed by atoms with Crippen LogP contribution in [0.4, 0.5) is 36.8 Å². The van der Waals surface area contributed by atoms with Gasteiger partial charge in [-0.05, 0) is 17.7 Å². The van der Waals surface area contributed by atoms with Crippen molar-refractivity contribution in [3.05, 3.63) is 28.8 Å². The highest BCUT2D eigenvalue weighted by molar-refractivity contribution is 7.88. The Morgan fingerprint density at radius 2 is 1.64 bits per heavy atom. The molecule has 1 N–H and O–H groups in total. The summed E-state index contributed by atoms with van der Waals surface area (Å²) < 4.78 is 105. The molecule has 1 atom stereocenters. The summed E-state index contributed by atoms with van der Waals surface area (Å²) in [6, 6.07) is 2.37. The predicted molar refractivity (Wildman–Crippen MR) is 119 cm³/mol. The second-order valence-corrected chi connectivity index (χ2v) is 11.2. The first-order valence-corrected chi connectivity index (χ1v) is 13.0. The lowest BCUT2D eigenvalue weighted by Gasteiger charge is -2.44. The Bertz CT molecular complexity index is 1050. The summed E-state index contributed by atoms with van der Waals surface area (Å²) in [6.45, 7) is -0.426. The van der Waals surface area contributed by atoms with Crippen LogP contribution in [0.2, 0.25) is 5.02 Å². The standard InChI is InChI=1S/C20H25ClF6N4O4S/c1-36(34,35)30-7-5-29(6-8-30)15-10-14(21)3-2-13(15)11-28-4-9-31(18(32)33)16(12-28)17(19(22,23)24)20(25,26)27/h2-3,10,16-17H,4-9,11-12H2,1H3,(H,32,33). The fourth-order valence-corrected chi connectivity index (χ4v) is 5.62. The fourth-order valence-electron chi connectivity index (χ4n) is 4.62. The van der Waals surface area contributed by atoms with E-state index >= 15 is 0 Å². The van der Waals surface area contributed by atoms with E-state index in [2.05, 4.69) is 0 Å². The first kappa shape index (κ1) is 28.6. The van der Waals surface area contributed by atoms with Gasteiger partial charge in [-0.3, -0.25) is 4.90 Å². The molecule has 36 heavy (non-hydrogen) atoms. The van der Waals surface area contributed by atoms with Crippen LogP contribution in [0, 0.1) is 5.92 Å². The van der Waals surface area contributed by atoms with Crippen molar-refractivity contribution in [2.75, 3.05) is 57.0 Å². The van der Waals surface area contributed by atoms with E-state index in [0.717, 1.165) is 6.26 Å². The third-order valence-corrected chi connectivity index (χ3v) is 7.87. The van der Waals surface area contributed by atoms with Crippen molar-refractivity contribution in [2.45, 2.75) is 24.9 Å². The van der Waals surface area contributed by atoms with Gasteiger partial charge < -0.3 is 14.9 Å². The summed E-state index contributed by atoms with van der Waals surface area (Å²) in [4.78, 5) is 14.9. The molecule has 2 aliphatic rings. The van der Waals surface area contributed by atoms with Gasteiger partial charge in [0.15, 0.2) is 5.92 Å². The summed E-state index contributed by atoms with van der Waals surface area (Å²) in [6.07, 6.45) is -12.1. The molecule has 204 valence electrons. The summed E-state index contributed by atoms with van der Waals surface area (Å²) in [5.74, 6) is -3.84. The van der Waals surface area contributed by atoms with Gasteiger partial charge in [0, 0.05) is 63.1 Å². The molecule has 0 radical (unpaired) electrons. The smallest absolute Gasteiger partial charge is 0.407 e. The van der Waals surface area contributed by atoms with E-state index in [1.165, 1.54) is 15.3 Å². The lowest BCUT2D eigenvalue weighted by molar-refractivity contribution is -0.300. The number of carbonyl (C=O) groups is 1. The number of halogens is 7. The first-order valence-electron chi connectivity index (χ1n) is 10.8. The van der Waals surface area contributed by atoms with Gasteiger partial charge in [-0.25, -0.2) is 13.2 Å². The van der Waals surface area contributed by atoms with E-state index < -0.39 is 53.5 Å². The maximum atomic E-state index is 13.4. The molecule has 8 nitrogen and oxygen atoms in total. The number of rotatable bonds is 5. The lowest BCUT2D eigenvalue weighted by atomic mass is 9.94. The second-order valence-electron chi connectivity index (χ2n) is 8.76. The molecular formula is C20H25ClF6N4O4S. The van der Waals surface area contributed by atoms with E-state index in [9.17, 15) is 44.7 Å². The van der Waals surface area contributed by atoms with Crippen LogP contribution in [0.3, 0.4) is 0 Å². The zero-order valence-electron chi connectivity index (χ0n) is 19.1. The maximum Gasteiger partial charge on any atom is 0.407 e. The Balaban J connectivity index is 1.85. The van der Waals surface area contributed by atoms with Crippen LogP contribution in [0.5, 0.6) is 0 Å². The average molecular weight is 567 g/mol. The average Bonchev–Trinajstić information content (AvgIpc) is 2.72. The molecule has 3 rings (SSSR count). The number of amides is 1. The topological polar surface area (TPSA) is 84.4 Å². The van der Waals surface area contributed by atoms with Crippen LogP contribution in [-0.4, -0.2) is 104 Å². The van der Waals surface area contributed by atoms with Gasteiger partial charge in [-0.1, -0.05) is 17.7 Å². The lowest BCUT2D eigenvalue weighted by Crippen LogP contribution is -2.62. The number of carboxylic acid groups (broad SMARTS) is 1. The van der Waals surface area contributed by atoms with Crippen molar-refractivity contribution in [1.29, 1.82) is 0 Å². The largest absolute Gasteiger partial charge is 0.465 e. The summed E-state index contributed by atoms with van der Waals surface area (Å²) in [7, 11) is -3.39. The van der Waals surface area contributed by atoms with Crippen LogP contribution in [0.15, 0.2) is 18.2 Å². The molecule has 1 amide bonds. The van der Waals surface area contributed by atoms with E-state index in [-0.39, 0.29) is 31.1 Å². The number of alkyl halides is 6. The van der Waals surface area contributed by atoms with Crippen LogP contribution in [0.1, 0.15) is 5.56 Å². The Labute approximate surface area is 209 Å². The molecule has 2 heterocycles. The number of benzene rings is 1. The number of piperazine rings is 2. The minimum Gasteiger partial charge on any atom is -0.465 e. The van der Waals surface area contributed by atoms with Crippen molar-refractivity contribution in [1.82, 2.24) is 14.1 Å². The SMILES string of the molecule is CS(=O)(=O)N1CCN(c2cc(Cl)ccc2CN2CCN(C(=O)O)C(C(C(F)(F)F)C(F)(F)F)C2)CC1. The van der Waals surface area contributed by atoms with Crippen molar-refractivity contribution >= 4 is 33.4 Å². The van der Waals surface area contributed by atoms with Gasteiger partial charge in [0.1, 0.15) is 0 Å². The molecule has 2 aliphatic heterocycles. The van der Waals surface area contributed by atoms with E-state index in [1.54, 1.807) is 12.1 Å². The molecular weight excluding hydrogens is 542 g/mol. The van der Waals surface area contributed by atoms with Crippen LogP contribution >= 0.6 is 11.6 Å². The quantitative estimate of drug-likeness (QED) is 0.551. The number of nitrogens with zero attached hydrogens (tertiary/aromatic N) is 4. The predicted octanol–water partition coefficient (Wildman–Crippen LogP) is 3.33. The van der Waals surface area contributed by atoms with E-state index in [0.29, 0.717) is 29.4 Å². The minimum absolute atomic E-state index is 0.0504. The molecule has 2 saturated heterocycles. The molecule has 2 fully saturated rings. The van der Waals surface area contributed by atoms with Crippen LogP contribution in [-0.2, 0) is 16.6 Å². The number of anilines is 1. The Hall–Kier alpha value is -1.97. The molecule has 0 aliphatic carbocycles. The monoisotopic (exact) mass is 566 g/mol. The number of hydrogen-bond donors (Lipinski definition) is 1. The third-order valence-electron chi connectivity index (χ3n) is 6.33. The van der Waals surface area contributed by atoms with Gasteiger partial charge in [-0.15, -0.1) is 0 Å². The zero-order chi connectivity index (χ0) is 27.1. The highest BCUT2D eigenvalue weighted by Gasteiger charge is 2.62. The second kappa shape index (κ2) is 10.4. The molecule has 1 unspecified atom stereocenters. The highest BCUT2D eigenvalue weighted by Crippen LogP contribution is 2.44. The third kappa shape index (κ3) is 6.66. The Morgan fingerprint density at radius 1 is 1.06 bits per heavy atom. The molecule has 0 spiro atoms. The van der Waals surface area contributed by atoms with Gasteiger partial charge in [-0.2, -0.15) is 30.6 Å². The number of hydrogen-bond acceptors (Lipinski definition) is 5. The van der Waals surface area contributed by atoms with Crippen LogP contribution < -0.4 is 4.90 Å². The summed E-state index contributed by atoms with van der Waals surface area (Å²) in [5, 5.41) is 9.64. The van der Waals surface area contributed by atoms with Gasteiger partial charge in [0.05, 0.1) is 12.3 Å². The normalized spacial score (nSPS) is 21.3. The van der Waals surface area contributed by atoms with Gasteiger partial charge >= 0.3 is 18.4 Å². The van der Waals surface area contributed by atoms with Crippen molar-refractivity contribution < 1.29 is 44.7 Å². The van der Waals surface area contributed by atoms with Crippen molar-refractivity contribution in [2.24, 2.45) is 5.92 Å². The fraction of sp³-hybridized carbons (Fsp3) is 0.650. The molecule has 16 heteroatoms. The Morgan fingerprint density at radius 3 is 2.14 bits per heavy atom. The number of sulfonamides is 1. The summed E-state index contributed by atoms with van der Waals surface area (Å²) in [5.41, 5.74) is 1.14. The maximum absolute atomic E-state index is 13.4. The molecule has 0 aromatic heterocycles. The van der Waals surface area contributed by atoms with Gasteiger partial charge in [0.2, 0.25) is 10.0 Å². The van der Waals surface area contributed by atoms with Crippen LogP contribution in [0.25, 0.3) is 0 Å². The molecule has 1 aromatic carbocycles. The van der Waals surface area contributed by atoms with E-state index in [1.807, 2.05) is 4.90 Å². The molecule has 0 saturated carbocycles. The van der Waals surface area contributed by atoms with Gasteiger partial charge in [0.25, 0.3) is 0 Å². The summed E-state index contributed by atoms with van der Waals surface area (Å²) >= 11 is 6.13. The molecule has 1 aromatic rings. The van der Waals surface area contributed by atoms with Crippen molar-refractivity contribution in [3.63, 3.8) is 0 Å². The van der Waals surface area contributed by atoms with Crippen molar-refractivity contribution in [3.8, 4) is 0 Å². The molecule has 0 bridgehead atoms. The minimum atomic E-state index is -5.69. The van der Waals surface area contributed by atoms with E-state index in [4.69, 9.17) is 11.6 Å².